The van der Waals surface area contributed by atoms with E-state index in [1.165, 1.54) is 0 Å². The first kappa shape index (κ1) is 19.3. The van der Waals surface area contributed by atoms with Crippen LogP contribution in [0.25, 0.3) is 0 Å². The third kappa shape index (κ3) is 5.05. The monoisotopic (exact) mass is 400 g/mol. The number of aromatic amines is 1. The van der Waals surface area contributed by atoms with Crippen molar-refractivity contribution in [2.75, 3.05) is 0 Å². The lowest BCUT2D eigenvalue weighted by atomic mass is 10.0. The molecule has 7 heteroatoms. The fourth-order valence-corrected chi connectivity index (χ4v) is 3.26. The second-order valence-corrected chi connectivity index (χ2v) is 7.10. The highest BCUT2D eigenvalue weighted by Crippen LogP contribution is 2.19. The van der Waals surface area contributed by atoms with E-state index in [4.69, 9.17) is 23.8 Å². The normalized spacial score (nSPS) is 11.9. The first-order chi connectivity index (χ1) is 13.1. The molecule has 0 saturated carbocycles. The summed E-state index contributed by atoms with van der Waals surface area (Å²) < 4.78 is 2.36. The maximum absolute atomic E-state index is 12.6. The van der Waals surface area contributed by atoms with E-state index in [9.17, 15) is 4.79 Å². The highest BCUT2D eigenvalue weighted by Gasteiger charge is 2.16. The number of benzene rings is 2. The second kappa shape index (κ2) is 8.97. The minimum absolute atomic E-state index is 0.0701. The van der Waals surface area contributed by atoms with E-state index in [1.54, 1.807) is 0 Å². The van der Waals surface area contributed by atoms with Crippen molar-refractivity contribution in [3.05, 3.63) is 81.3 Å². The number of rotatable bonds is 7. The molecule has 0 radical (unpaired) electrons. The van der Waals surface area contributed by atoms with Crippen molar-refractivity contribution in [2.24, 2.45) is 0 Å². The van der Waals surface area contributed by atoms with Crippen LogP contribution in [-0.4, -0.2) is 20.7 Å². The molecule has 0 unspecified atom stereocenters. The molecule has 0 aliphatic carbocycles. The van der Waals surface area contributed by atoms with Gasteiger partial charge >= 0.3 is 0 Å². The lowest BCUT2D eigenvalue weighted by Gasteiger charge is -2.17. The summed E-state index contributed by atoms with van der Waals surface area (Å²) in [6.45, 7) is 2.61. The third-order valence-corrected chi connectivity index (χ3v) is 4.92. The van der Waals surface area contributed by atoms with Gasteiger partial charge in [0.1, 0.15) is 5.82 Å². The quantitative estimate of drug-likeness (QED) is 0.576. The molecule has 1 amide bonds. The Morgan fingerprint density at radius 1 is 1.22 bits per heavy atom. The zero-order valence-corrected chi connectivity index (χ0v) is 16.6. The number of H-pyrrole nitrogens is 1. The van der Waals surface area contributed by atoms with Gasteiger partial charge in [0, 0.05) is 5.02 Å². The van der Waals surface area contributed by atoms with Crippen molar-refractivity contribution in [1.82, 2.24) is 20.1 Å². The van der Waals surface area contributed by atoms with Gasteiger partial charge in [0.2, 0.25) is 5.91 Å². The predicted molar refractivity (Wildman–Crippen MR) is 109 cm³/mol. The van der Waals surface area contributed by atoms with Crippen LogP contribution in [-0.2, 0) is 17.8 Å². The maximum Gasteiger partial charge on any atom is 0.228 e. The van der Waals surface area contributed by atoms with Gasteiger partial charge in [-0.3, -0.25) is 14.5 Å². The molecule has 0 aliphatic heterocycles. The van der Waals surface area contributed by atoms with E-state index in [-0.39, 0.29) is 18.4 Å². The molecule has 3 aromatic rings. The van der Waals surface area contributed by atoms with Crippen LogP contribution in [0.2, 0.25) is 5.02 Å². The summed E-state index contributed by atoms with van der Waals surface area (Å²) in [5.41, 5.74) is 2.13. The molecule has 0 aliphatic rings. The molecule has 5 nitrogen and oxygen atoms in total. The summed E-state index contributed by atoms with van der Waals surface area (Å²) in [6.07, 6.45) is 0.939. The van der Waals surface area contributed by atoms with Crippen LogP contribution in [0.5, 0.6) is 0 Å². The predicted octanol–water partition coefficient (Wildman–Crippen LogP) is 4.45. The van der Waals surface area contributed by atoms with Gasteiger partial charge < -0.3 is 5.32 Å². The molecule has 0 saturated heterocycles. The lowest BCUT2D eigenvalue weighted by molar-refractivity contribution is -0.121. The number of aromatic nitrogens is 3. The van der Waals surface area contributed by atoms with E-state index in [1.807, 2.05) is 66.1 Å². The van der Waals surface area contributed by atoms with Gasteiger partial charge in [-0.25, -0.2) is 0 Å². The van der Waals surface area contributed by atoms with Gasteiger partial charge in [-0.05, 0) is 41.9 Å². The minimum Gasteiger partial charge on any atom is -0.349 e. The Kier molecular flexibility index (Phi) is 6.42. The highest BCUT2D eigenvalue weighted by molar-refractivity contribution is 7.71. The van der Waals surface area contributed by atoms with Crippen molar-refractivity contribution in [2.45, 2.75) is 32.4 Å². The van der Waals surface area contributed by atoms with Crippen molar-refractivity contribution in [3.63, 3.8) is 0 Å². The molecule has 1 heterocycles. The summed E-state index contributed by atoms with van der Waals surface area (Å²) in [5.74, 6) is 0.521. The van der Waals surface area contributed by atoms with Gasteiger partial charge in [-0.15, -0.1) is 0 Å². The summed E-state index contributed by atoms with van der Waals surface area (Å²) in [6, 6.07) is 17.4. The van der Waals surface area contributed by atoms with Crippen LogP contribution < -0.4 is 5.32 Å². The third-order valence-electron chi connectivity index (χ3n) is 4.36. The SMILES string of the molecule is CC[C@@H](NC(=O)Cc1n[nH]c(=S)n1Cc1ccccc1)c1ccc(Cl)cc1. The zero-order chi connectivity index (χ0) is 19.2. The number of carbonyl (C=O) groups excluding carboxylic acids is 1. The van der Waals surface area contributed by atoms with Crippen molar-refractivity contribution in [3.8, 4) is 0 Å². The fraction of sp³-hybridized carbons (Fsp3) is 0.250. The Hall–Kier alpha value is -2.44. The van der Waals surface area contributed by atoms with Gasteiger partial charge in [-0.2, -0.15) is 5.10 Å². The van der Waals surface area contributed by atoms with Crippen LogP contribution in [0.15, 0.2) is 54.6 Å². The average molecular weight is 401 g/mol. The number of halogens is 1. The first-order valence-corrected chi connectivity index (χ1v) is 9.58. The zero-order valence-electron chi connectivity index (χ0n) is 15.0. The van der Waals surface area contributed by atoms with E-state index < -0.39 is 0 Å². The molecular weight excluding hydrogens is 380 g/mol. The number of hydrogen-bond acceptors (Lipinski definition) is 3. The summed E-state index contributed by atoms with van der Waals surface area (Å²) in [7, 11) is 0. The van der Waals surface area contributed by atoms with Crippen LogP contribution >= 0.6 is 23.8 Å². The van der Waals surface area contributed by atoms with E-state index >= 15 is 0 Å². The lowest BCUT2D eigenvalue weighted by Crippen LogP contribution is -2.30. The Balaban J connectivity index is 1.70. The summed E-state index contributed by atoms with van der Waals surface area (Å²) in [4.78, 5) is 12.6. The molecular formula is C20H21ClN4OS. The number of nitrogens with one attached hydrogen (secondary N) is 2. The van der Waals surface area contributed by atoms with Gasteiger partial charge in [0.05, 0.1) is 19.0 Å². The standard InChI is InChI=1S/C20H21ClN4OS/c1-2-17(15-8-10-16(21)11-9-15)22-19(26)12-18-23-24-20(27)25(18)13-14-6-4-3-5-7-14/h3-11,17H,2,12-13H2,1H3,(H,22,26)(H,24,27)/t17-/m1/s1. The molecule has 140 valence electrons. The Labute approximate surface area is 168 Å². The van der Waals surface area contributed by atoms with Gasteiger partial charge in [0.15, 0.2) is 4.77 Å². The van der Waals surface area contributed by atoms with Gasteiger partial charge in [-0.1, -0.05) is 61.0 Å². The summed E-state index contributed by atoms with van der Waals surface area (Å²) in [5, 5.41) is 10.8. The van der Waals surface area contributed by atoms with E-state index in [2.05, 4.69) is 15.5 Å². The smallest absolute Gasteiger partial charge is 0.228 e. The summed E-state index contributed by atoms with van der Waals surface area (Å²) >= 11 is 11.3. The van der Waals surface area contributed by atoms with Crippen LogP contribution in [0.3, 0.4) is 0 Å². The highest BCUT2D eigenvalue weighted by atomic mass is 35.5. The van der Waals surface area contributed by atoms with Crippen molar-refractivity contribution < 1.29 is 4.79 Å². The average Bonchev–Trinajstić information content (AvgIpc) is 3.01. The van der Waals surface area contributed by atoms with E-state index in [0.29, 0.717) is 22.2 Å². The Morgan fingerprint density at radius 2 is 1.93 bits per heavy atom. The topological polar surface area (TPSA) is 62.7 Å². The van der Waals surface area contributed by atoms with Crippen molar-refractivity contribution in [1.29, 1.82) is 0 Å². The number of nitrogens with zero attached hydrogens (tertiary/aromatic N) is 2. The molecule has 27 heavy (non-hydrogen) atoms. The molecule has 0 bridgehead atoms. The minimum atomic E-state index is -0.0971. The van der Waals surface area contributed by atoms with Crippen LogP contribution in [0.1, 0.15) is 36.3 Å². The first-order valence-electron chi connectivity index (χ1n) is 8.79. The second-order valence-electron chi connectivity index (χ2n) is 6.27. The molecule has 1 atom stereocenters. The largest absolute Gasteiger partial charge is 0.349 e. The van der Waals surface area contributed by atoms with Crippen molar-refractivity contribution >= 4 is 29.7 Å². The fourth-order valence-electron chi connectivity index (χ4n) is 2.92. The Bertz CT molecular complexity index is 950. The molecule has 1 aromatic heterocycles. The molecule has 0 spiro atoms. The van der Waals surface area contributed by atoms with Gasteiger partial charge in [0.25, 0.3) is 0 Å². The molecule has 2 N–H and O–H groups in total. The van der Waals surface area contributed by atoms with E-state index in [0.717, 1.165) is 17.5 Å². The molecule has 3 rings (SSSR count). The Morgan fingerprint density at radius 3 is 2.59 bits per heavy atom. The molecule has 0 fully saturated rings. The number of carbonyl (C=O) groups is 1. The van der Waals surface area contributed by atoms with Crippen LogP contribution in [0, 0.1) is 4.77 Å². The number of hydrogen-bond donors (Lipinski definition) is 2. The van der Waals surface area contributed by atoms with Crippen LogP contribution in [0.4, 0.5) is 0 Å². The molecule has 2 aromatic carbocycles. The maximum atomic E-state index is 12.6. The number of amides is 1.